The maximum absolute atomic E-state index is 12.1. The molecular weight excluding hydrogens is 270 g/mol. The van der Waals surface area contributed by atoms with Crippen LogP contribution in [0.25, 0.3) is 0 Å². The van der Waals surface area contributed by atoms with E-state index >= 15 is 0 Å². The lowest BCUT2D eigenvalue weighted by Crippen LogP contribution is -2.39. The van der Waals surface area contributed by atoms with Crippen LogP contribution in [0.4, 0.5) is 4.79 Å². The van der Waals surface area contributed by atoms with Gasteiger partial charge in [0.25, 0.3) is 0 Å². The second-order valence-electron chi connectivity index (χ2n) is 6.53. The second kappa shape index (κ2) is 6.47. The zero-order chi connectivity index (χ0) is 15.5. The highest BCUT2D eigenvalue weighted by molar-refractivity contribution is 5.68. The van der Waals surface area contributed by atoms with Crippen LogP contribution in [0, 0.1) is 6.92 Å². The molecule has 21 heavy (non-hydrogen) atoms. The van der Waals surface area contributed by atoms with E-state index in [1.54, 1.807) is 4.90 Å². The van der Waals surface area contributed by atoms with Crippen LogP contribution in [0.1, 0.15) is 38.6 Å². The van der Waals surface area contributed by atoms with Crippen LogP contribution in [0.3, 0.4) is 0 Å². The fourth-order valence-electron chi connectivity index (χ4n) is 2.35. The minimum Gasteiger partial charge on any atom is -0.444 e. The number of ether oxygens (including phenoxy) is 1. The SMILES string of the molecule is Cc1cc(CN2CCCN(C(=O)OC(C)(C)C)CC2)on1. The molecule has 2 rings (SSSR count). The van der Waals surface area contributed by atoms with Crippen LogP contribution in [0.2, 0.25) is 0 Å². The number of hydrogen-bond acceptors (Lipinski definition) is 5. The van der Waals surface area contributed by atoms with Gasteiger partial charge in [0.1, 0.15) is 5.60 Å². The van der Waals surface area contributed by atoms with E-state index in [4.69, 9.17) is 9.26 Å². The maximum atomic E-state index is 12.1. The lowest BCUT2D eigenvalue weighted by Gasteiger charge is -2.26. The average Bonchev–Trinajstić information content (AvgIpc) is 2.62. The molecule has 1 saturated heterocycles. The summed E-state index contributed by atoms with van der Waals surface area (Å²) in [5, 5.41) is 3.90. The van der Waals surface area contributed by atoms with Crippen LogP contribution in [0.5, 0.6) is 0 Å². The van der Waals surface area contributed by atoms with Gasteiger partial charge in [-0.2, -0.15) is 0 Å². The molecular formula is C15H25N3O3. The van der Waals surface area contributed by atoms with Gasteiger partial charge in [0.15, 0.2) is 5.76 Å². The number of rotatable bonds is 2. The van der Waals surface area contributed by atoms with E-state index in [2.05, 4.69) is 10.1 Å². The summed E-state index contributed by atoms with van der Waals surface area (Å²) in [6.07, 6.45) is 0.715. The van der Waals surface area contributed by atoms with Gasteiger partial charge in [-0.05, 0) is 34.1 Å². The fourth-order valence-corrected chi connectivity index (χ4v) is 2.35. The topological polar surface area (TPSA) is 58.8 Å². The van der Waals surface area contributed by atoms with E-state index in [1.165, 1.54) is 0 Å². The number of carbonyl (C=O) groups excluding carboxylic acids is 1. The van der Waals surface area contributed by atoms with Gasteiger partial charge >= 0.3 is 6.09 Å². The zero-order valence-electron chi connectivity index (χ0n) is 13.4. The quantitative estimate of drug-likeness (QED) is 0.838. The van der Waals surface area contributed by atoms with Gasteiger partial charge in [-0.25, -0.2) is 4.79 Å². The lowest BCUT2D eigenvalue weighted by molar-refractivity contribution is 0.0257. The summed E-state index contributed by atoms with van der Waals surface area (Å²) in [5.41, 5.74) is 0.454. The predicted octanol–water partition coefficient (Wildman–Crippen LogP) is 2.43. The van der Waals surface area contributed by atoms with E-state index in [0.717, 1.165) is 44.1 Å². The van der Waals surface area contributed by atoms with Crippen molar-refractivity contribution in [2.45, 2.75) is 46.3 Å². The Morgan fingerprint density at radius 1 is 1.33 bits per heavy atom. The predicted molar refractivity (Wildman–Crippen MR) is 78.9 cm³/mol. The summed E-state index contributed by atoms with van der Waals surface area (Å²) in [5.74, 6) is 0.873. The molecule has 0 aromatic carbocycles. The Balaban J connectivity index is 1.85. The van der Waals surface area contributed by atoms with E-state index in [9.17, 15) is 4.79 Å². The Hall–Kier alpha value is -1.56. The van der Waals surface area contributed by atoms with Crippen molar-refractivity contribution in [1.82, 2.24) is 15.0 Å². The van der Waals surface area contributed by atoms with Crippen LogP contribution in [-0.2, 0) is 11.3 Å². The first kappa shape index (κ1) is 15.8. The van der Waals surface area contributed by atoms with Gasteiger partial charge in [-0.15, -0.1) is 0 Å². The van der Waals surface area contributed by atoms with Crippen molar-refractivity contribution < 1.29 is 14.1 Å². The molecule has 1 aromatic rings. The van der Waals surface area contributed by atoms with Crippen molar-refractivity contribution in [3.05, 3.63) is 17.5 Å². The molecule has 0 aliphatic carbocycles. The van der Waals surface area contributed by atoms with Gasteiger partial charge in [0.05, 0.1) is 12.2 Å². The third-order valence-electron chi connectivity index (χ3n) is 3.30. The first-order valence-electron chi connectivity index (χ1n) is 7.46. The third-order valence-corrected chi connectivity index (χ3v) is 3.30. The Kier molecular flexibility index (Phi) is 4.88. The van der Waals surface area contributed by atoms with Gasteiger partial charge in [-0.1, -0.05) is 5.16 Å². The molecule has 0 saturated carbocycles. The molecule has 1 aliphatic heterocycles. The van der Waals surface area contributed by atoms with Crippen LogP contribution in [-0.4, -0.2) is 52.8 Å². The first-order chi connectivity index (χ1) is 9.83. The summed E-state index contributed by atoms with van der Waals surface area (Å²) >= 11 is 0. The molecule has 6 heteroatoms. The average molecular weight is 295 g/mol. The molecule has 0 radical (unpaired) electrons. The van der Waals surface area contributed by atoms with Crippen molar-refractivity contribution in [2.75, 3.05) is 26.2 Å². The van der Waals surface area contributed by atoms with E-state index in [0.29, 0.717) is 6.54 Å². The maximum Gasteiger partial charge on any atom is 0.410 e. The number of amides is 1. The first-order valence-corrected chi connectivity index (χ1v) is 7.46. The van der Waals surface area contributed by atoms with Crippen molar-refractivity contribution >= 4 is 6.09 Å². The smallest absolute Gasteiger partial charge is 0.410 e. The van der Waals surface area contributed by atoms with Crippen molar-refractivity contribution in [2.24, 2.45) is 0 Å². The minimum atomic E-state index is -0.444. The molecule has 0 unspecified atom stereocenters. The van der Waals surface area contributed by atoms with Crippen LogP contribution >= 0.6 is 0 Å². The van der Waals surface area contributed by atoms with Crippen LogP contribution in [0.15, 0.2) is 10.6 Å². The number of nitrogens with zero attached hydrogens (tertiary/aromatic N) is 3. The van der Waals surface area contributed by atoms with Gasteiger partial charge in [-0.3, -0.25) is 4.90 Å². The highest BCUT2D eigenvalue weighted by Gasteiger charge is 2.24. The van der Waals surface area contributed by atoms with Crippen LogP contribution < -0.4 is 0 Å². The molecule has 1 amide bonds. The molecule has 2 heterocycles. The highest BCUT2D eigenvalue weighted by atomic mass is 16.6. The Bertz CT molecular complexity index is 479. The zero-order valence-corrected chi connectivity index (χ0v) is 13.4. The second-order valence-corrected chi connectivity index (χ2v) is 6.53. The van der Waals surface area contributed by atoms with Gasteiger partial charge < -0.3 is 14.2 Å². The van der Waals surface area contributed by atoms with Crippen molar-refractivity contribution in [3.8, 4) is 0 Å². The molecule has 1 fully saturated rings. The summed E-state index contributed by atoms with van der Waals surface area (Å²) in [6.45, 7) is 11.5. The monoisotopic (exact) mass is 295 g/mol. The van der Waals surface area contributed by atoms with E-state index in [1.807, 2.05) is 33.8 Å². The Labute approximate surface area is 126 Å². The molecule has 118 valence electrons. The highest BCUT2D eigenvalue weighted by Crippen LogP contribution is 2.13. The summed E-state index contributed by atoms with van der Waals surface area (Å²) in [7, 11) is 0. The number of aryl methyl sites for hydroxylation is 1. The number of aromatic nitrogens is 1. The van der Waals surface area contributed by atoms with E-state index < -0.39 is 5.60 Å². The molecule has 0 N–H and O–H groups in total. The minimum absolute atomic E-state index is 0.222. The standard InChI is InChI=1S/C15H25N3O3/c1-12-10-13(21-16-12)11-17-6-5-7-18(9-8-17)14(19)20-15(2,3)4/h10H,5-9,11H2,1-4H3. The molecule has 0 atom stereocenters. The molecule has 0 spiro atoms. The normalized spacial score (nSPS) is 17.6. The number of hydrogen-bond donors (Lipinski definition) is 0. The Morgan fingerprint density at radius 3 is 2.71 bits per heavy atom. The fraction of sp³-hybridized carbons (Fsp3) is 0.733. The molecule has 1 aromatic heterocycles. The summed E-state index contributed by atoms with van der Waals surface area (Å²) in [6, 6.07) is 1.95. The largest absolute Gasteiger partial charge is 0.444 e. The van der Waals surface area contributed by atoms with E-state index in [-0.39, 0.29) is 6.09 Å². The van der Waals surface area contributed by atoms with Crippen molar-refractivity contribution in [1.29, 1.82) is 0 Å². The molecule has 6 nitrogen and oxygen atoms in total. The molecule has 1 aliphatic rings. The summed E-state index contributed by atoms with van der Waals surface area (Å²) < 4.78 is 10.7. The van der Waals surface area contributed by atoms with Gasteiger partial charge in [0.2, 0.25) is 0 Å². The third kappa shape index (κ3) is 5.04. The summed E-state index contributed by atoms with van der Waals surface area (Å²) in [4.78, 5) is 16.2. The van der Waals surface area contributed by atoms with Crippen molar-refractivity contribution in [3.63, 3.8) is 0 Å². The molecule has 0 bridgehead atoms. The van der Waals surface area contributed by atoms with Gasteiger partial charge in [0, 0.05) is 32.2 Å². The Morgan fingerprint density at radius 2 is 2.10 bits per heavy atom. The lowest BCUT2D eigenvalue weighted by atomic mass is 10.2. The number of carbonyl (C=O) groups is 1.